The molecule has 136 valence electrons. The van der Waals surface area contributed by atoms with E-state index >= 15 is 0 Å². The van der Waals surface area contributed by atoms with Crippen molar-refractivity contribution >= 4 is 16.7 Å². The predicted molar refractivity (Wildman–Crippen MR) is 94.7 cm³/mol. The second-order valence-electron chi connectivity index (χ2n) is 6.99. The first-order valence-corrected chi connectivity index (χ1v) is 8.83. The van der Waals surface area contributed by atoms with Crippen LogP contribution >= 0.6 is 0 Å². The Bertz CT molecular complexity index is 784. The summed E-state index contributed by atoms with van der Waals surface area (Å²) in [6.07, 6.45) is 0.207. The lowest BCUT2D eigenvalue weighted by Crippen LogP contribution is -2.41. The van der Waals surface area contributed by atoms with Crippen LogP contribution in [0.15, 0.2) is 21.6 Å². The van der Waals surface area contributed by atoms with Crippen LogP contribution in [0.3, 0.4) is 0 Å². The number of hydrogen-bond acceptors (Lipinski definition) is 4. The van der Waals surface area contributed by atoms with Gasteiger partial charge in [0.15, 0.2) is 0 Å². The third kappa shape index (κ3) is 4.18. The highest BCUT2D eigenvalue weighted by Gasteiger charge is 2.40. The van der Waals surface area contributed by atoms with Crippen LogP contribution in [-0.2, 0) is 17.4 Å². The van der Waals surface area contributed by atoms with Gasteiger partial charge in [0.05, 0.1) is 23.6 Å². The maximum Gasteiger partial charge on any atom is 0.145 e. The fourth-order valence-electron chi connectivity index (χ4n) is 2.47. The molecule has 0 fully saturated rings. The minimum absolute atomic E-state index is 0.0835. The summed E-state index contributed by atoms with van der Waals surface area (Å²) in [5.41, 5.74) is 8.70. The van der Waals surface area contributed by atoms with E-state index in [0.29, 0.717) is 22.6 Å². The Balaban J connectivity index is 2.47. The van der Waals surface area contributed by atoms with Gasteiger partial charge in [-0.1, -0.05) is 5.11 Å². The molecule has 1 aliphatic rings. The van der Waals surface area contributed by atoms with Crippen molar-refractivity contribution in [3.05, 3.63) is 39.5 Å². The van der Waals surface area contributed by atoms with Crippen LogP contribution in [0.5, 0.6) is 5.75 Å². The van der Waals surface area contributed by atoms with Crippen molar-refractivity contribution in [2.45, 2.75) is 44.5 Å². The lowest BCUT2D eigenvalue weighted by molar-refractivity contribution is 0.0358. The second kappa shape index (κ2) is 7.11. The first kappa shape index (κ1) is 19.4. The molecule has 0 saturated carbocycles. The first-order chi connectivity index (χ1) is 11.6. The molecular formula is C16H21FN4O3S. The number of halogens is 1. The maximum absolute atomic E-state index is 14.0. The molecule has 7 nitrogen and oxygen atoms in total. The third-order valence-electron chi connectivity index (χ3n) is 3.81. The van der Waals surface area contributed by atoms with Crippen molar-refractivity contribution in [2.24, 2.45) is 9.51 Å². The van der Waals surface area contributed by atoms with Crippen molar-refractivity contribution in [3.8, 4) is 5.75 Å². The number of aliphatic hydroxyl groups excluding tert-OH is 1. The van der Waals surface area contributed by atoms with E-state index in [2.05, 4.69) is 14.4 Å². The number of ether oxygens (including phenoxy) is 1. The molecule has 25 heavy (non-hydrogen) atoms. The minimum atomic E-state index is -1.50. The van der Waals surface area contributed by atoms with Gasteiger partial charge < -0.3 is 9.84 Å². The van der Waals surface area contributed by atoms with Gasteiger partial charge in [-0.05, 0) is 45.4 Å². The Morgan fingerprint density at radius 1 is 1.52 bits per heavy atom. The Labute approximate surface area is 148 Å². The summed E-state index contributed by atoms with van der Waals surface area (Å²) in [7, 11) is -1.50. The fraction of sp³-hybridized carbons (Fsp3) is 0.562. The van der Waals surface area contributed by atoms with E-state index in [4.69, 9.17) is 10.3 Å². The molecule has 0 saturated heterocycles. The highest BCUT2D eigenvalue weighted by Crippen LogP contribution is 2.39. The third-order valence-corrected chi connectivity index (χ3v) is 5.29. The van der Waals surface area contributed by atoms with Crippen molar-refractivity contribution < 1.29 is 18.4 Å². The summed E-state index contributed by atoms with van der Waals surface area (Å²) in [5.74, 6) is -0.110. The summed E-state index contributed by atoms with van der Waals surface area (Å²) in [5, 5.41) is 13.2. The fourth-order valence-corrected chi connectivity index (χ4v) is 3.09. The molecule has 2 atom stereocenters. The van der Waals surface area contributed by atoms with E-state index in [-0.39, 0.29) is 19.6 Å². The first-order valence-electron chi connectivity index (χ1n) is 7.73. The summed E-state index contributed by atoms with van der Waals surface area (Å²) in [6.45, 7) is 6.55. The van der Waals surface area contributed by atoms with Gasteiger partial charge in [0.1, 0.15) is 28.2 Å². The average Bonchev–Trinajstić information content (AvgIpc) is 2.90. The lowest BCUT2D eigenvalue weighted by atomic mass is 9.97. The molecule has 0 radical (unpaired) electrons. The van der Waals surface area contributed by atoms with Gasteiger partial charge in [-0.15, -0.1) is 0 Å². The molecular weight excluding hydrogens is 347 g/mol. The van der Waals surface area contributed by atoms with Crippen molar-refractivity contribution in [3.63, 3.8) is 0 Å². The number of fused-ring (bicyclic) bond motifs is 1. The summed E-state index contributed by atoms with van der Waals surface area (Å²) in [4.78, 5) is 2.69. The number of nitrogens with zero attached hydrogens (tertiary/aromatic N) is 4. The molecule has 1 aromatic rings. The number of azide groups is 1. The van der Waals surface area contributed by atoms with Crippen LogP contribution in [0.2, 0.25) is 0 Å². The molecule has 2 rings (SSSR count). The maximum atomic E-state index is 14.0. The minimum Gasteiger partial charge on any atom is -0.483 e. The zero-order valence-electron chi connectivity index (χ0n) is 14.6. The van der Waals surface area contributed by atoms with Gasteiger partial charge in [0.2, 0.25) is 0 Å². The van der Waals surface area contributed by atoms with Crippen LogP contribution in [-0.4, -0.2) is 38.5 Å². The largest absolute Gasteiger partial charge is 0.483 e. The average molecular weight is 368 g/mol. The Morgan fingerprint density at radius 3 is 2.76 bits per heavy atom. The summed E-state index contributed by atoms with van der Waals surface area (Å²) in [6, 6.07) is 2.58. The highest BCUT2D eigenvalue weighted by atomic mass is 32.2. The molecule has 1 unspecified atom stereocenters. The molecule has 0 aliphatic carbocycles. The zero-order valence-corrected chi connectivity index (χ0v) is 15.4. The lowest BCUT2D eigenvalue weighted by Gasteiger charge is -2.24. The van der Waals surface area contributed by atoms with Crippen LogP contribution in [0.1, 0.15) is 38.8 Å². The summed E-state index contributed by atoms with van der Waals surface area (Å²) >= 11 is 0. The SMILES string of the molecule is CC(=N[S@](=O)C(C)(C)C)c1cc(F)cc2c1OC(CO)(CN=[N+]=[N-])C2. The van der Waals surface area contributed by atoms with E-state index in [1.54, 1.807) is 27.7 Å². The van der Waals surface area contributed by atoms with Crippen molar-refractivity contribution in [1.82, 2.24) is 0 Å². The number of aliphatic hydroxyl groups is 1. The van der Waals surface area contributed by atoms with E-state index < -0.39 is 27.2 Å². The standard InChI is InChI=1S/C16H21FN4O3S/c1-10(20-25(23)15(2,3)4)13-6-12(17)5-11-7-16(9-22,8-19-21-18)24-14(11)13/h5-6,22H,7-9H2,1-4H3/t16?,25-/m1/s1. The number of rotatable bonds is 5. The monoisotopic (exact) mass is 368 g/mol. The number of benzene rings is 1. The van der Waals surface area contributed by atoms with Crippen LogP contribution < -0.4 is 4.74 Å². The molecule has 1 aliphatic heterocycles. The molecule has 9 heteroatoms. The molecule has 0 spiro atoms. The van der Waals surface area contributed by atoms with E-state index in [0.717, 1.165) is 0 Å². The van der Waals surface area contributed by atoms with Crippen molar-refractivity contribution in [1.29, 1.82) is 0 Å². The molecule has 0 bridgehead atoms. The Morgan fingerprint density at radius 2 is 2.20 bits per heavy atom. The molecule has 1 heterocycles. The van der Waals surface area contributed by atoms with Crippen LogP contribution in [0.4, 0.5) is 4.39 Å². The molecule has 1 N–H and O–H groups in total. The molecule has 1 aromatic carbocycles. The van der Waals surface area contributed by atoms with E-state index in [1.807, 2.05) is 0 Å². The Hall–Kier alpha value is -1.96. The summed E-state index contributed by atoms with van der Waals surface area (Å²) < 4.78 is 35.8. The molecule has 0 aromatic heterocycles. The van der Waals surface area contributed by atoms with E-state index in [9.17, 15) is 13.7 Å². The highest BCUT2D eigenvalue weighted by molar-refractivity contribution is 7.85. The number of hydrogen-bond donors (Lipinski definition) is 1. The van der Waals surface area contributed by atoms with Gasteiger partial charge in [-0.2, -0.15) is 4.40 Å². The van der Waals surface area contributed by atoms with Gasteiger partial charge in [0, 0.05) is 22.5 Å². The van der Waals surface area contributed by atoms with Crippen LogP contribution in [0, 0.1) is 5.82 Å². The Kier molecular flexibility index (Phi) is 5.51. The molecule has 0 amide bonds. The second-order valence-corrected chi connectivity index (χ2v) is 8.89. The predicted octanol–water partition coefficient (Wildman–Crippen LogP) is 3.07. The van der Waals surface area contributed by atoms with Gasteiger partial charge >= 0.3 is 0 Å². The van der Waals surface area contributed by atoms with E-state index in [1.165, 1.54) is 12.1 Å². The van der Waals surface area contributed by atoms with Gasteiger partial charge in [-0.25, -0.2) is 8.60 Å². The van der Waals surface area contributed by atoms with Crippen LogP contribution in [0.25, 0.3) is 10.4 Å². The van der Waals surface area contributed by atoms with Gasteiger partial charge in [-0.3, -0.25) is 0 Å². The topological polar surface area (TPSA) is 108 Å². The smallest absolute Gasteiger partial charge is 0.145 e. The zero-order chi connectivity index (χ0) is 18.8. The normalized spacial score (nSPS) is 21.3. The van der Waals surface area contributed by atoms with Crippen molar-refractivity contribution in [2.75, 3.05) is 13.2 Å². The van der Waals surface area contributed by atoms with Gasteiger partial charge in [0.25, 0.3) is 0 Å². The quantitative estimate of drug-likeness (QED) is 0.373.